The van der Waals surface area contributed by atoms with E-state index in [0.717, 1.165) is 11.4 Å². The van der Waals surface area contributed by atoms with E-state index >= 15 is 0 Å². The zero-order chi connectivity index (χ0) is 12.3. The first-order valence-corrected chi connectivity index (χ1v) is 6.12. The van der Waals surface area contributed by atoms with Crippen molar-refractivity contribution in [3.63, 3.8) is 0 Å². The number of fused-ring (bicyclic) bond motifs is 3. The van der Waals surface area contributed by atoms with Crippen LogP contribution in [0, 0.1) is 13.8 Å². The van der Waals surface area contributed by atoms with Crippen LogP contribution in [0.5, 0.6) is 0 Å². The lowest BCUT2D eigenvalue weighted by Gasteiger charge is -2.06. The molecule has 86 valence electrons. The lowest BCUT2D eigenvalue weighted by molar-refractivity contribution is 1.22. The summed E-state index contributed by atoms with van der Waals surface area (Å²) in [5, 5.41) is 2.59. The van der Waals surface area contributed by atoms with E-state index in [4.69, 9.17) is 0 Å². The molecule has 0 spiro atoms. The molecule has 0 N–H and O–H groups in total. The fraction of sp³-hybridized carbons (Fsp3) is 0.125. The van der Waals surface area contributed by atoms with Crippen LogP contribution in [-0.2, 0) is 0 Å². The summed E-state index contributed by atoms with van der Waals surface area (Å²) < 4.78 is 0. The van der Waals surface area contributed by atoms with Gasteiger partial charge < -0.3 is 0 Å². The van der Waals surface area contributed by atoms with Crippen LogP contribution in [0.25, 0.3) is 33.3 Å². The minimum Gasteiger partial charge on any atom is -0.252 e. The maximum atomic E-state index is 4.54. The predicted octanol–water partition coefficient (Wildman–Crippen LogP) is 3.89. The quantitative estimate of drug-likeness (QED) is 0.459. The molecule has 1 heterocycles. The van der Waals surface area contributed by atoms with Crippen molar-refractivity contribution in [2.45, 2.75) is 13.8 Å². The smallest absolute Gasteiger partial charge is 0.0974 e. The van der Waals surface area contributed by atoms with Gasteiger partial charge in [0, 0.05) is 28.9 Å². The van der Waals surface area contributed by atoms with Gasteiger partial charge in [-0.3, -0.25) is 9.97 Å². The topological polar surface area (TPSA) is 25.8 Å². The first kappa shape index (κ1) is 9.77. The molecule has 1 aliphatic rings. The fourth-order valence-corrected chi connectivity index (χ4v) is 2.94. The van der Waals surface area contributed by atoms with E-state index in [1.165, 1.54) is 33.0 Å². The van der Waals surface area contributed by atoms with Crippen LogP contribution < -0.4 is 0 Å². The number of aromatic nitrogens is 2. The molecule has 3 aromatic rings. The van der Waals surface area contributed by atoms with Crippen molar-refractivity contribution in [2.24, 2.45) is 0 Å². The molecular weight excluding hydrogens is 220 g/mol. The van der Waals surface area contributed by atoms with Gasteiger partial charge in [-0.15, -0.1) is 0 Å². The second kappa shape index (κ2) is 3.16. The zero-order valence-electron chi connectivity index (χ0n) is 10.4. The van der Waals surface area contributed by atoms with Crippen molar-refractivity contribution in [1.82, 2.24) is 9.97 Å². The number of hydrogen-bond acceptors (Lipinski definition) is 2. The van der Waals surface area contributed by atoms with Crippen LogP contribution in [0.15, 0.2) is 36.7 Å². The van der Waals surface area contributed by atoms with Crippen molar-refractivity contribution in [3.05, 3.63) is 47.8 Å². The highest BCUT2D eigenvalue weighted by atomic mass is 14.8. The Labute approximate surface area is 105 Å². The van der Waals surface area contributed by atoms with Crippen molar-refractivity contribution in [3.8, 4) is 22.5 Å². The maximum absolute atomic E-state index is 4.54. The molecule has 1 aliphatic carbocycles. The Morgan fingerprint density at radius 3 is 1.72 bits per heavy atom. The standard InChI is InChI=1S/C16H12N2/c1-9-3-5-11-6-4-10(2)13-14(11)12(9)15-16(13)18-8-7-17-15/h3-8H,1-2H3. The lowest BCUT2D eigenvalue weighted by atomic mass is 9.98. The van der Waals surface area contributed by atoms with E-state index in [1.54, 1.807) is 12.4 Å². The summed E-state index contributed by atoms with van der Waals surface area (Å²) >= 11 is 0. The molecule has 1 aromatic heterocycles. The first-order valence-electron chi connectivity index (χ1n) is 6.12. The molecule has 0 saturated carbocycles. The third kappa shape index (κ3) is 1.03. The summed E-state index contributed by atoms with van der Waals surface area (Å²) in [5.41, 5.74) is 7.13. The molecule has 2 aromatic carbocycles. The van der Waals surface area contributed by atoms with Gasteiger partial charge in [0.15, 0.2) is 0 Å². The summed E-state index contributed by atoms with van der Waals surface area (Å²) in [6.45, 7) is 4.29. The minimum absolute atomic E-state index is 1.03. The summed E-state index contributed by atoms with van der Waals surface area (Å²) in [7, 11) is 0. The molecular formula is C16H12N2. The molecule has 0 fully saturated rings. The van der Waals surface area contributed by atoms with Gasteiger partial charge in [-0.25, -0.2) is 0 Å². The van der Waals surface area contributed by atoms with Gasteiger partial charge in [0.25, 0.3) is 0 Å². The summed E-state index contributed by atoms with van der Waals surface area (Å²) in [5.74, 6) is 0. The summed E-state index contributed by atoms with van der Waals surface area (Å²) in [4.78, 5) is 9.08. The zero-order valence-corrected chi connectivity index (χ0v) is 10.4. The second-order valence-electron chi connectivity index (χ2n) is 4.87. The van der Waals surface area contributed by atoms with Crippen LogP contribution in [0.4, 0.5) is 0 Å². The molecule has 0 aliphatic heterocycles. The molecule has 0 bridgehead atoms. The largest absolute Gasteiger partial charge is 0.252 e. The van der Waals surface area contributed by atoms with Crippen LogP contribution >= 0.6 is 0 Å². The van der Waals surface area contributed by atoms with Crippen molar-refractivity contribution in [1.29, 1.82) is 0 Å². The Hall–Kier alpha value is -2.22. The second-order valence-corrected chi connectivity index (χ2v) is 4.87. The average molecular weight is 232 g/mol. The highest BCUT2D eigenvalue weighted by Gasteiger charge is 2.26. The van der Waals surface area contributed by atoms with E-state index in [0.29, 0.717) is 0 Å². The Morgan fingerprint density at radius 1 is 0.722 bits per heavy atom. The van der Waals surface area contributed by atoms with Gasteiger partial charge in [-0.05, 0) is 30.4 Å². The molecule has 0 saturated heterocycles. The van der Waals surface area contributed by atoms with E-state index in [1.807, 2.05) is 0 Å². The predicted molar refractivity (Wildman–Crippen MR) is 73.4 cm³/mol. The van der Waals surface area contributed by atoms with Crippen LogP contribution in [-0.4, -0.2) is 9.97 Å². The molecule has 18 heavy (non-hydrogen) atoms. The third-order valence-electron chi connectivity index (χ3n) is 3.77. The first-order chi connectivity index (χ1) is 8.77. The molecule has 4 rings (SSSR count). The Bertz CT molecular complexity index is 740. The van der Waals surface area contributed by atoms with Crippen LogP contribution in [0.3, 0.4) is 0 Å². The van der Waals surface area contributed by atoms with Gasteiger partial charge in [-0.2, -0.15) is 0 Å². The molecule has 0 amide bonds. The maximum Gasteiger partial charge on any atom is 0.0974 e. The third-order valence-corrected chi connectivity index (χ3v) is 3.77. The number of nitrogens with zero attached hydrogens (tertiary/aromatic N) is 2. The highest BCUT2D eigenvalue weighted by Crippen LogP contribution is 2.47. The highest BCUT2D eigenvalue weighted by molar-refractivity contribution is 6.15. The van der Waals surface area contributed by atoms with Crippen molar-refractivity contribution >= 4 is 10.8 Å². The van der Waals surface area contributed by atoms with Gasteiger partial charge in [0.05, 0.1) is 11.4 Å². The van der Waals surface area contributed by atoms with Crippen LogP contribution in [0.1, 0.15) is 11.1 Å². The van der Waals surface area contributed by atoms with E-state index in [2.05, 4.69) is 48.1 Å². The van der Waals surface area contributed by atoms with Gasteiger partial charge in [0.1, 0.15) is 0 Å². The van der Waals surface area contributed by atoms with Gasteiger partial charge >= 0.3 is 0 Å². The molecule has 0 radical (unpaired) electrons. The number of rotatable bonds is 0. The fourth-order valence-electron chi connectivity index (χ4n) is 2.94. The lowest BCUT2D eigenvalue weighted by Crippen LogP contribution is -1.87. The van der Waals surface area contributed by atoms with Crippen molar-refractivity contribution < 1.29 is 0 Å². The molecule has 2 heteroatoms. The molecule has 2 nitrogen and oxygen atoms in total. The van der Waals surface area contributed by atoms with Gasteiger partial charge in [0.2, 0.25) is 0 Å². The van der Waals surface area contributed by atoms with E-state index < -0.39 is 0 Å². The normalized spacial score (nSPS) is 11.9. The Balaban J connectivity index is 2.34. The molecule has 0 atom stereocenters. The van der Waals surface area contributed by atoms with Gasteiger partial charge in [-0.1, -0.05) is 24.3 Å². The number of aryl methyl sites for hydroxylation is 2. The minimum atomic E-state index is 1.03. The average Bonchev–Trinajstić information content (AvgIpc) is 2.74. The summed E-state index contributed by atoms with van der Waals surface area (Å²) in [6, 6.07) is 8.70. The summed E-state index contributed by atoms with van der Waals surface area (Å²) in [6.07, 6.45) is 3.55. The SMILES string of the molecule is Cc1ccc2ccc(C)c3c2c1-c1nccnc1-3. The Kier molecular flexibility index (Phi) is 1.72. The van der Waals surface area contributed by atoms with E-state index in [9.17, 15) is 0 Å². The van der Waals surface area contributed by atoms with E-state index in [-0.39, 0.29) is 0 Å². The monoisotopic (exact) mass is 232 g/mol. The van der Waals surface area contributed by atoms with Crippen molar-refractivity contribution in [2.75, 3.05) is 0 Å². The number of hydrogen-bond donors (Lipinski definition) is 0. The number of benzene rings is 2. The molecule has 0 unspecified atom stereocenters. The van der Waals surface area contributed by atoms with Crippen LogP contribution in [0.2, 0.25) is 0 Å². The Morgan fingerprint density at radius 2 is 1.22 bits per heavy atom.